The van der Waals surface area contributed by atoms with Crippen molar-refractivity contribution in [3.8, 4) is 5.69 Å². The highest BCUT2D eigenvalue weighted by Gasteiger charge is 2.35. The molecule has 0 aliphatic carbocycles. The molecular weight excluding hydrogens is 438 g/mol. The van der Waals surface area contributed by atoms with Crippen LogP contribution in [0.25, 0.3) is 16.5 Å². The summed E-state index contributed by atoms with van der Waals surface area (Å²) in [5.74, 6) is -1.02. The number of para-hydroxylation sites is 1. The molecule has 6 heteroatoms. The van der Waals surface area contributed by atoms with Gasteiger partial charge < -0.3 is 10.4 Å². The second-order valence-electron chi connectivity index (χ2n) is 9.12. The fourth-order valence-electron chi connectivity index (χ4n) is 5.38. The number of carboxylic acid groups (broad SMARTS) is 1. The zero-order chi connectivity index (χ0) is 24.4. The quantitative estimate of drug-likeness (QED) is 0.440. The summed E-state index contributed by atoms with van der Waals surface area (Å²) in [7, 11) is 2.00. The number of aromatic carboxylic acids is 1. The van der Waals surface area contributed by atoms with E-state index >= 15 is 0 Å². The van der Waals surface area contributed by atoms with Gasteiger partial charge in [0, 0.05) is 41.6 Å². The number of benzene rings is 3. The third-order valence-electron chi connectivity index (χ3n) is 7.30. The van der Waals surface area contributed by atoms with E-state index in [0.717, 1.165) is 25.9 Å². The predicted octanol–water partition coefficient (Wildman–Crippen LogP) is 4.40. The Kier molecular flexibility index (Phi) is 6.24. The first-order chi connectivity index (χ1) is 17.0. The van der Waals surface area contributed by atoms with Crippen molar-refractivity contribution >= 4 is 16.7 Å². The van der Waals surface area contributed by atoms with Crippen molar-refractivity contribution in [3.63, 3.8) is 0 Å². The van der Waals surface area contributed by atoms with Crippen LogP contribution in [0.2, 0.25) is 0 Å². The number of aromatic nitrogens is 1. The average molecular weight is 468 g/mol. The molecule has 178 valence electrons. The largest absolute Gasteiger partial charge is 0.478 e. The molecule has 1 aliphatic rings. The topological polar surface area (TPSA) is 74.6 Å². The van der Waals surface area contributed by atoms with Gasteiger partial charge in [-0.3, -0.25) is 14.3 Å². The summed E-state index contributed by atoms with van der Waals surface area (Å²) in [6.07, 6.45) is 1.78. The van der Waals surface area contributed by atoms with Gasteiger partial charge in [-0.25, -0.2) is 4.79 Å². The van der Waals surface area contributed by atoms with Crippen molar-refractivity contribution in [2.24, 2.45) is 0 Å². The molecule has 0 unspecified atom stereocenters. The van der Waals surface area contributed by atoms with Crippen LogP contribution in [-0.4, -0.2) is 40.7 Å². The molecule has 3 aromatic carbocycles. The summed E-state index contributed by atoms with van der Waals surface area (Å²) >= 11 is 0. The van der Waals surface area contributed by atoms with Gasteiger partial charge in [0.25, 0.3) is 5.56 Å². The van der Waals surface area contributed by atoms with E-state index in [1.165, 1.54) is 5.56 Å². The Morgan fingerprint density at radius 3 is 2.06 bits per heavy atom. The van der Waals surface area contributed by atoms with Gasteiger partial charge in [0.15, 0.2) is 0 Å². The Labute approximate surface area is 204 Å². The summed E-state index contributed by atoms with van der Waals surface area (Å²) in [5, 5.41) is 14.7. The standard InChI is InChI=1S/C29H29N3O3/c1-30-29(21-10-4-2-5-11-21)16-18-31(19-17-29)20-25-26(28(34)35)23-14-8-9-15-24(23)27(33)32(25)22-12-6-3-7-13-22/h2-15,30H,16-20H2,1H3,(H,34,35). The van der Waals surface area contributed by atoms with Gasteiger partial charge in [-0.15, -0.1) is 0 Å². The van der Waals surface area contributed by atoms with Crippen LogP contribution in [0.4, 0.5) is 0 Å². The lowest BCUT2D eigenvalue weighted by Gasteiger charge is -2.42. The summed E-state index contributed by atoms with van der Waals surface area (Å²) in [4.78, 5) is 28.5. The molecule has 1 aliphatic heterocycles. The third-order valence-corrected chi connectivity index (χ3v) is 7.30. The van der Waals surface area contributed by atoms with E-state index in [9.17, 15) is 14.7 Å². The maximum absolute atomic E-state index is 13.6. The molecule has 4 aromatic rings. The zero-order valence-electron chi connectivity index (χ0n) is 19.8. The van der Waals surface area contributed by atoms with Crippen LogP contribution in [-0.2, 0) is 12.1 Å². The van der Waals surface area contributed by atoms with E-state index in [4.69, 9.17) is 0 Å². The number of nitrogens with zero attached hydrogens (tertiary/aromatic N) is 2. The molecule has 1 saturated heterocycles. The van der Waals surface area contributed by atoms with Crippen LogP contribution in [0.5, 0.6) is 0 Å². The number of rotatable bonds is 6. The Morgan fingerprint density at radius 1 is 0.886 bits per heavy atom. The van der Waals surface area contributed by atoms with Crippen molar-refractivity contribution < 1.29 is 9.90 Å². The summed E-state index contributed by atoms with van der Waals surface area (Å²) in [6, 6.07) is 26.8. The average Bonchev–Trinajstić information content (AvgIpc) is 2.90. The van der Waals surface area contributed by atoms with Crippen molar-refractivity contribution in [3.05, 3.63) is 112 Å². The van der Waals surface area contributed by atoms with E-state index in [1.54, 1.807) is 28.8 Å². The minimum atomic E-state index is -1.02. The molecule has 0 bridgehead atoms. The van der Waals surface area contributed by atoms with Crippen molar-refractivity contribution in [1.29, 1.82) is 0 Å². The first kappa shape index (κ1) is 23.0. The number of hydrogen-bond acceptors (Lipinski definition) is 4. The van der Waals surface area contributed by atoms with Gasteiger partial charge >= 0.3 is 5.97 Å². The maximum Gasteiger partial charge on any atom is 0.338 e. The Balaban J connectivity index is 1.57. The van der Waals surface area contributed by atoms with Crippen LogP contribution >= 0.6 is 0 Å². The third kappa shape index (κ3) is 4.16. The van der Waals surface area contributed by atoms with E-state index in [-0.39, 0.29) is 16.7 Å². The number of likely N-dealkylation sites (tertiary alicyclic amines) is 1. The number of piperidine rings is 1. The Bertz CT molecular complexity index is 1410. The molecule has 0 spiro atoms. The minimum absolute atomic E-state index is 0.115. The number of carboxylic acids is 1. The number of nitrogens with one attached hydrogen (secondary N) is 1. The van der Waals surface area contributed by atoms with Crippen LogP contribution in [0, 0.1) is 0 Å². The number of pyridine rings is 1. The van der Waals surface area contributed by atoms with Crippen LogP contribution in [0.1, 0.15) is 34.5 Å². The van der Waals surface area contributed by atoms with E-state index in [0.29, 0.717) is 28.7 Å². The molecule has 6 nitrogen and oxygen atoms in total. The fourth-order valence-corrected chi connectivity index (χ4v) is 5.38. The highest BCUT2D eigenvalue weighted by molar-refractivity contribution is 6.04. The van der Waals surface area contributed by atoms with Crippen molar-refractivity contribution in [2.45, 2.75) is 24.9 Å². The number of fused-ring (bicyclic) bond motifs is 1. The molecule has 35 heavy (non-hydrogen) atoms. The molecular formula is C29H29N3O3. The van der Waals surface area contributed by atoms with Crippen LogP contribution in [0.3, 0.4) is 0 Å². The predicted molar refractivity (Wildman–Crippen MR) is 138 cm³/mol. The smallest absolute Gasteiger partial charge is 0.338 e. The molecule has 5 rings (SSSR count). The van der Waals surface area contributed by atoms with E-state index in [1.807, 2.05) is 43.4 Å². The molecule has 2 N–H and O–H groups in total. The monoisotopic (exact) mass is 467 g/mol. The lowest BCUT2D eigenvalue weighted by molar-refractivity contribution is 0.0693. The highest BCUT2D eigenvalue weighted by Crippen LogP contribution is 2.34. The molecule has 0 saturated carbocycles. The van der Waals surface area contributed by atoms with Gasteiger partial charge in [-0.2, -0.15) is 0 Å². The summed E-state index contributed by atoms with van der Waals surface area (Å²) in [5.41, 5.74) is 2.33. The molecule has 1 aromatic heterocycles. The van der Waals surface area contributed by atoms with Gasteiger partial charge in [0.1, 0.15) is 0 Å². The van der Waals surface area contributed by atoms with Gasteiger partial charge in [0.05, 0.1) is 11.3 Å². The van der Waals surface area contributed by atoms with E-state index in [2.05, 4.69) is 34.5 Å². The first-order valence-corrected chi connectivity index (χ1v) is 12.0. The molecule has 2 heterocycles. The van der Waals surface area contributed by atoms with Crippen molar-refractivity contribution in [2.75, 3.05) is 20.1 Å². The summed E-state index contributed by atoms with van der Waals surface area (Å²) < 4.78 is 1.59. The highest BCUT2D eigenvalue weighted by atomic mass is 16.4. The van der Waals surface area contributed by atoms with Gasteiger partial charge in [-0.05, 0) is 43.7 Å². The maximum atomic E-state index is 13.6. The molecule has 1 fully saturated rings. The van der Waals surface area contributed by atoms with E-state index < -0.39 is 5.97 Å². The minimum Gasteiger partial charge on any atom is -0.478 e. The van der Waals surface area contributed by atoms with Crippen LogP contribution in [0.15, 0.2) is 89.7 Å². The second-order valence-corrected chi connectivity index (χ2v) is 9.12. The molecule has 0 amide bonds. The number of carbonyl (C=O) groups is 1. The SMILES string of the molecule is CNC1(c2ccccc2)CCN(Cc2c(C(=O)O)c3ccccc3c(=O)n2-c2ccccc2)CC1. The van der Waals surface area contributed by atoms with Gasteiger partial charge in [0.2, 0.25) is 0 Å². The van der Waals surface area contributed by atoms with Gasteiger partial charge in [-0.1, -0.05) is 66.7 Å². The Morgan fingerprint density at radius 2 is 1.46 bits per heavy atom. The first-order valence-electron chi connectivity index (χ1n) is 12.0. The summed E-state index contributed by atoms with van der Waals surface area (Å²) in [6.45, 7) is 1.94. The molecule has 0 atom stereocenters. The van der Waals surface area contributed by atoms with Crippen molar-refractivity contribution in [1.82, 2.24) is 14.8 Å². The normalized spacial score (nSPS) is 15.8. The Hall–Kier alpha value is -3.74. The van der Waals surface area contributed by atoms with Crippen LogP contribution < -0.4 is 10.9 Å². The number of hydrogen-bond donors (Lipinski definition) is 2. The molecule has 0 radical (unpaired) electrons. The lowest BCUT2D eigenvalue weighted by Crippen LogP contribution is -2.50. The lowest BCUT2D eigenvalue weighted by atomic mass is 9.81. The fraction of sp³-hybridized carbons (Fsp3) is 0.241. The second kappa shape index (κ2) is 9.49. The zero-order valence-corrected chi connectivity index (χ0v) is 19.8.